The number of alkyl halides is 2. The minimum atomic E-state index is -2.91. The molecular weight excluding hydrogens is 358 g/mol. The molecular formula is C19H18F2N2O4. The second-order valence-corrected chi connectivity index (χ2v) is 5.93. The van der Waals surface area contributed by atoms with Crippen molar-refractivity contribution in [1.82, 2.24) is 0 Å². The van der Waals surface area contributed by atoms with Gasteiger partial charge in [0.15, 0.2) is 0 Å². The molecule has 1 atom stereocenters. The minimum Gasteiger partial charge on any atom is -0.435 e. The molecule has 0 spiro atoms. The molecule has 2 amide bonds. The lowest BCUT2D eigenvalue weighted by Crippen LogP contribution is -2.26. The van der Waals surface area contributed by atoms with Gasteiger partial charge in [-0.1, -0.05) is 0 Å². The Labute approximate surface area is 154 Å². The van der Waals surface area contributed by atoms with Crippen LogP contribution < -0.4 is 15.4 Å². The SMILES string of the molecule is O=C(Nc1ccc(NC(=O)[C@@H]2CCCO2)cc1)c1ccc(OC(F)F)cc1. The standard InChI is InChI=1S/C19H18F2N2O4/c20-19(21)27-15-9-3-12(4-10-15)17(24)22-13-5-7-14(8-6-13)23-18(25)16-2-1-11-26-16/h3-10,16,19H,1-2,11H2,(H,22,24)(H,23,25)/t16-/m0/s1. The summed E-state index contributed by atoms with van der Waals surface area (Å²) in [7, 11) is 0. The highest BCUT2D eigenvalue weighted by Gasteiger charge is 2.23. The van der Waals surface area contributed by atoms with E-state index in [1.54, 1.807) is 24.3 Å². The van der Waals surface area contributed by atoms with E-state index in [9.17, 15) is 18.4 Å². The molecule has 27 heavy (non-hydrogen) atoms. The average Bonchev–Trinajstić information content (AvgIpc) is 3.18. The fourth-order valence-electron chi connectivity index (χ4n) is 2.64. The van der Waals surface area contributed by atoms with Crippen LogP contribution >= 0.6 is 0 Å². The van der Waals surface area contributed by atoms with E-state index >= 15 is 0 Å². The normalized spacial score (nSPS) is 16.2. The summed E-state index contributed by atoms with van der Waals surface area (Å²) in [6.45, 7) is -2.32. The van der Waals surface area contributed by atoms with Crippen molar-refractivity contribution < 1.29 is 27.8 Å². The summed E-state index contributed by atoms with van der Waals surface area (Å²) in [4.78, 5) is 24.2. The maximum Gasteiger partial charge on any atom is 0.387 e. The van der Waals surface area contributed by atoms with Gasteiger partial charge in [-0.05, 0) is 61.4 Å². The highest BCUT2D eigenvalue weighted by Crippen LogP contribution is 2.19. The number of nitrogens with one attached hydrogen (secondary N) is 2. The van der Waals surface area contributed by atoms with Gasteiger partial charge in [0, 0.05) is 23.5 Å². The largest absolute Gasteiger partial charge is 0.435 e. The summed E-state index contributed by atoms with van der Waals surface area (Å²) in [6, 6.07) is 12.0. The number of carbonyl (C=O) groups is 2. The van der Waals surface area contributed by atoms with Gasteiger partial charge in [-0.2, -0.15) is 8.78 Å². The van der Waals surface area contributed by atoms with E-state index in [4.69, 9.17) is 4.74 Å². The van der Waals surface area contributed by atoms with Crippen LogP contribution in [0.4, 0.5) is 20.2 Å². The van der Waals surface area contributed by atoms with E-state index in [0.29, 0.717) is 30.0 Å². The Balaban J connectivity index is 1.55. The predicted molar refractivity (Wildman–Crippen MR) is 95.1 cm³/mol. The van der Waals surface area contributed by atoms with Crippen LogP contribution in [0.15, 0.2) is 48.5 Å². The van der Waals surface area contributed by atoms with Crippen molar-refractivity contribution >= 4 is 23.2 Å². The molecule has 3 rings (SSSR count). The third-order valence-electron chi connectivity index (χ3n) is 3.97. The molecule has 1 saturated heterocycles. The second-order valence-electron chi connectivity index (χ2n) is 5.93. The quantitative estimate of drug-likeness (QED) is 0.807. The van der Waals surface area contributed by atoms with Crippen molar-refractivity contribution in [2.45, 2.75) is 25.6 Å². The van der Waals surface area contributed by atoms with E-state index in [1.807, 2.05) is 0 Å². The molecule has 1 aliphatic heterocycles. The summed E-state index contributed by atoms with van der Waals surface area (Å²) in [5, 5.41) is 5.45. The molecule has 1 fully saturated rings. The third-order valence-corrected chi connectivity index (χ3v) is 3.97. The molecule has 1 heterocycles. The molecule has 0 aliphatic carbocycles. The van der Waals surface area contributed by atoms with E-state index < -0.39 is 18.6 Å². The Morgan fingerprint density at radius 1 is 1.00 bits per heavy atom. The molecule has 0 bridgehead atoms. The lowest BCUT2D eigenvalue weighted by Gasteiger charge is -2.11. The smallest absolute Gasteiger partial charge is 0.387 e. The van der Waals surface area contributed by atoms with Gasteiger partial charge in [-0.3, -0.25) is 9.59 Å². The summed E-state index contributed by atoms with van der Waals surface area (Å²) in [6.07, 6.45) is 1.17. The number of rotatable bonds is 6. The number of anilines is 2. The Morgan fingerprint density at radius 3 is 2.19 bits per heavy atom. The molecule has 0 radical (unpaired) electrons. The van der Waals surface area contributed by atoms with E-state index in [1.165, 1.54) is 24.3 Å². The van der Waals surface area contributed by atoms with E-state index in [-0.39, 0.29) is 11.7 Å². The number of hydrogen-bond donors (Lipinski definition) is 2. The topological polar surface area (TPSA) is 76.7 Å². The summed E-state index contributed by atoms with van der Waals surface area (Å²) in [5.41, 5.74) is 1.43. The lowest BCUT2D eigenvalue weighted by molar-refractivity contribution is -0.124. The summed E-state index contributed by atoms with van der Waals surface area (Å²) in [5.74, 6) is -0.599. The fraction of sp³-hybridized carbons (Fsp3) is 0.263. The van der Waals surface area contributed by atoms with Crippen LogP contribution in [0.2, 0.25) is 0 Å². The third kappa shape index (κ3) is 5.24. The zero-order chi connectivity index (χ0) is 19.2. The zero-order valence-electron chi connectivity index (χ0n) is 14.3. The first kappa shape index (κ1) is 18.8. The van der Waals surface area contributed by atoms with Crippen LogP contribution in [-0.4, -0.2) is 31.1 Å². The van der Waals surface area contributed by atoms with Gasteiger partial charge >= 0.3 is 6.61 Å². The molecule has 2 N–H and O–H groups in total. The van der Waals surface area contributed by atoms with Gasteiger partial charge in [0.1, 0.15) is 11.9 Å². The lowest BCUT2D eigenvalue weighted by atomic mass is 10.2. The van der Waals surface area contributed by atoms with Gasteiger partial charge in [-0.25, -0.2) is 0 Å². The van der Waals surface area contributed by atoms with E-state index in [2.05, 4.69) is 15.4 Å². The van der Waals surface area contributed by atoms with Gasteiger partial charge in [-0.15, -0.1) is 0 Å². The van der Waals surface area contributed by atoms with Crippen LogP contribution in [0.5, 0.6) is 5.75 Å². The Bertz CT molecular complexity index is 788. The summed E-state index contributed by atoms with van der Waals surface area (Å²) >= 11 is 0. The highest BCUT2D eigenvalue weighted by atomic mass is 19.3. The van der Waals surface area contributed by atoms with Crippen LogP contribution in [0, 0.1) is 0 Å². The van der Waals surface area contributed by atoms with Crippen molar-refractivity contribution in [1.29, 1.82) is 0 Å². The van der Waals surface area contributed by atoms with Gasteiger partial charge in [0.25, 0.3) is 11.8 Å². The fourth-order valence-corrected chi connectivity index (χ4v) is 2.64. The number of amides is 2. The molecule has 1 aliphatic rings. The first-order chi connectivity index (χ1) is 13.0. The molecule has 0 saturated carbocycles. The average molecular weight is 376 g/mol. The number of benzene rings is 2. The molecule has 142 valence electrons. The predicted octanol–water partition coefficient (Wildman–Crippen LogP) is 3.66. The molecule has 0 aromatic heterocycles. The molecule has 2 aromatic carbocycles. The Kier molecular flexibility index (Phi) is 5.97. The van der Waals surface area contributed by atoms with Crippen LogP contribution in [0.3, 0.4) is 0 Å². The van der Waals surface area contributed by atoms with Crippen LogP contribution in [0.1, 0.15) is 23.2 Å². The van der Waals surface area contributed by atoms with Gasteiger partial charge < -0.3 is 20.1 Å². The van der Waals surface area contributed by atoms with Gasteiger partial charge in [0.05, 0.1) is 0 Å². The van der Waals surface area contributed by atoms with Crippen molar-refractivity contribution in [2.75, 3.05) is 17.2 Å². The maximum absolute atomic E-state index is 12.2. The number of hydrogen-bond acceptors (Lipinski definition) is 4. The molecule has 8 heteroatoms. The second kappa shape index (κ2) is 8.59. The number of halogens is 2. The first-order valence-electron chi connectivity index (χ1n) is 8.40. The highest BCUT2D eigenvalue weighted by molar-refractivity contribution is 6.04. The zero-order valence-corrected chi connectivity index (χ0v) is 14.3. The number of carbonyl (C=O) groups excluding carboxylic acids is 2. The van der Waals surface area contributed by atoms with Gasteiger partial charge in [0.2, 0.25) is 0 Å². The van der Waals surface area contributed by atoms with E-state index in [0.717, 1.165) is 6.42 Å². The molecule has 0 unspecified atom stereocenters. The molecule has 6 nitrogen and oxygen atoms in total. The Morgan fingerprint density at radius 2 is 1.63 bits per heavy atom. The minimum absolute atomic E-state index is 0.0205. The monoisotopic (exact) mass is 376 g/mol. The first-order valence-corrected chi connectivity index (χ1v) is 8.40. The van der Waals surface area contributed by atoms with Crippen molar-refractivity contribution in [3.63, 3.8) is 0 Å². The number of ether oxygens (including phenoxy) is 2. The van der Waals surface area contributed by atoms with Crippen molar-refractivity contribution in [2.24, 2.45) is 0 Å². The Hall–Kier alpha value is -3.00. The van der Waals surface area contributed by atoms with Crippen LogP contribution in [0.25, 0.3) is 0 Å². The van der Waals surface area contributed by atoms with Crippen molar-refractivity contribution in [3.05, 3.63) is 54.1 Å². The van der Waals surface area contributed by atoms with Crippen LogP contribution in [-0.2, 0) is 9.53 Å². The summed E-state index contributed by atoms with van der Waals surface area (Å²) < 4.78 is 33.8. The molecule has 2 aromatic rings. The van der Waals surface area contributed by atoms with Crippen molar-refractivity contribution in [3.8, 4) is 5.75 Å². The maximum atomic E-state index is 12.2.